The van der Waals surface area contributed by atoms with Gasteiger partial charge in [-0.2, -0.15) is 0 Å². The lowest BCUT2D eigenvalue weighted by molar-refractivity contribution is -0.385. The van der Waals surface area contributed by atoms with E-state index in [1.165, 1.54) is 18.2 Å². The first-order valence-electron chi connectivity index (χ1n) is 5.75. The van der Waals surface area contributed by atoms with Crippen molar-refractivity contribution in [3.8, 4) is 0 Å². The molecule has 0 aliphatic rings. The standard InChI is InChI=1S/C12H17N3O4/c1-8(14(2)3)7-13-9-4-5-10(12(16)17)11(6-9)15(18)19/h4-6,8,13H,7H2,1-3H3,(H,16,17). The van der Waals surface area contributed by atoms with Gasteiger partial charge in [-0.25, -0.2) is 4.79 Å². The van der Waals surface area contributed by atoms with Crippen molar-refractivity contribution in [1.82, 2.24) is 4.90 Å². The monoisotopic (exact) mass is 267 g/mol. The fourth-order valence-corrected chi connectivity index (χ4v) is 1.42. The summed E-state index contributed by atoms with van der Waals surface area (Å²) in [6.07, 6.45) is 0. The molecule has 0 radical (unpaired) electrons. The maximum atomic E-state index is 10.9. The minimum Gasteiger partial charge on any atom is -0.477 e. The average Bonchev–Trinajstić information content (AvgIpc) is 2.35. The maximum absolute atomic E-state index is 10.9. The predicted molar refractivity (Wildman–Crippen MR) is 71.7 cm³/mol. The molecule has 1 rings (SSSR count). The molecule has 0 aromatic heterocycles. The summed E-state index contributed by atoms with van der Waals surface area (Å²) in [4.78, 5) is 23.0. The number of carboxylic acid groups (broad SMARTS) is 1. The number of carbonyl (C=O) groups is 1. The number of hydrogen-bond donors (Lipinski definition) is 2. The number of nitro benzene ring substituents is 1. The molecule has 0 aliphatic carbocycles. The summed E-state index contributed by atoms with van der Waals surface area (Å²) in [5.41, 5.74) is -0.184. The van der Waals surface area contributed by atoms with E-state index in [0.717, 1.165) is 0 Å². The molecule has 0 amide bonds. The highest BCUT2D eigenvalue weighted by Crippen LogP contribution is 2.23. The molecule has 1 aromatic rings. The minimum atomic E-state index is -1.31. The highest BCUT2D eigenvalue weighted by Gasteiger charge is 2.20. The number of benzene rings is 1. The van der Waals surface area contributed by atoms with E-state index >= 15 is 0 Å². The molecule has 0 fully saturated rings. The van der Waals surface area contributed by atoms with Crippen molar-refractivity contribution in [3.63, 3.8) is 0 Å². The van der Waals surface area contributed by atoms with Gasteiger partial charge in [-0.1, -0.05) is 0 Å². The van der Waals surface area contributed by atoms with Crippen molar-refractivity contribution in [2.75, 3.05) is 26.0 Å². The molecule has 0 aliphatic heterocycles. The number of nitrogens with zero attached hydrogens (tertiary/aromatic N) is 2. The topological polar surface area (TPSA) is 95.7 Å². The second-order valence-electron chi connectivity index (χ2n) is 4.49. The van der Waals surface area contributed by atoms with Crippen LogP contribution in [0.25, 0.3) is 0 Å². The van der Waals surface area contributed by atoms with Crippen LogP contribution in [0.1, 0.15) is 17.3 Å². The van der Waals surface area contributed by atoms with E-state index in [1.54, 1.807) is 0 Å². The number of aromatic carboxylic acids is 1. The molecule has 0 saturated heterocycles. The second-order valence-corrected chi connectivity index (χ2v) is 4.49. The number of carboxylic acids is 1. The van der Waals surface area contributed by atoms with Gasteiger partial charge in [0.2, 0.25) is 0 Å². The van der Waals surface area contributed by atoms with E-state index in [4.69, 9.17) is 5.11 Å². The molecule has 0 heterocycles. The largest absolute Gasteiger partial charge is 0.477 e. The van der Waals surface area contributed by atoms with E-state index in [0.29, 0.717) is 12.2 Å². The summed E-state index contributed by atoms with van der Waals surface area (Å²) in [6.45, 7) is 2.61. The average molecular weight is 267 g/mol. The van der Waals surface area contributed by atoms with Gasteiger partial charge in [0.05, 0.1) is 4.92 Å². The highest BCUT2D eigenvalue weighted by atomic mass is 16.6. The van der Waals surface area contributed by atoms with Crippen LogP contribution in [0.4, 0.5) is 11.4 Å². The van der Waals surface area contributed by atoms with Crippen molar-refractivity contribution in [2.24, 2.45) is 0 Å². The lowest BCUT2D eigenvalue weighted by atomic mass is 10.1. The normalized spacial score (nSPS) is 12.2. The maximum Gasteiger partial charge on any atom is 0.342 e. The molecule has 1 atom stereocenters. The van der Waals surface area contributed by atoms with Crippen LogP contribution in [0.3, 0.4) is 0 Å². The molecule has 1 aromatic carbocycles. The molecule has 104 valence electrons. The molecule has 0 bridgehead atoms. The Bertz CT molecular complexity index is 488. The molecule has 7 heteroatoms. The lowest BCUT2D eigenvalue weighted by Gasteiger charge is -2.20. The number of rotatable bonds is 6. The van der Waals surface area contributed by atoms with Gasteiger partial charge in [0.15, 0.2) is 0 Å². The molecular formula is C12H17N3O4. The van der Waals surface area contributed by atoms with Gasteiger partial charge < -0.3 is 15.3 Å². The van der Waals surface area contributed by atoms with Gasteiger partial charge in [0.1, 0.15) is 5.56 Å². The fraction of sp³-hybridized carbons (Fsp3) is 0.417. The summed E-state index contributed by atoms with van der Waals surface area (Å²) >= 11 is 0. The molecular weight excluding hydrogens is 250 g/mol. The molecule has 1 unspecified atom stereocenters. The van der Waals surface area contributed by atoms with Crippen molar-refractivity contribution in [1.29, 1.82) is 0 Å². The van der Waals surface area contributed by atoms with Crippen LogP contribution in [0, 0.1) is 10.1 Å². The highest BCUT2D eigenvalue weighted by molar-refractivity contribution is 5.93. The van der Waals surface area contributed by atoms with Gasteiger partial charge in [0, 0.05) is 24.3 Å². The summed E-state index contributed by atoms with van der Waals surface area (Å²) in [7, 11) is 3.87. The zero-order valence-electron chi connectivity index (χ0n) is 11.1. The lowest BCUT2D eigenvalue weighted by Crippen LogP contribution is -2.31. The third-order valence-corrected chi connectivity index (χ3v) is 2.91. The van der Waals surface area contributed by atoms with Crippen LogP contribution in [-0.4, -0.2) is 47.6 Å². The number of nitrogens with one attached hydrogen (secondary N) is 1. The fourth-order valence-electron chi connectivity index (χ4n) is 1.42. The van der Waals surface area contributed by atoms with Crippen molar-refractivity contribution >= 4 is 17.3 Å². The number of hydrogen-bond acceptors (Lipinski definition) is 5. The third kappa shape index (κ3) is 3.92. The zero-order chi connectivity index (χ0) is 14.6. The Morgan fingerprint density at radius 1 is 1.53 bits per heavy atom. The Labute approximate surface area is 111 Å². The predicted octanol–water partition coefficient (Wildman–Crippen LogP) is 1.66. The first-order chi connectivity index (χ1) is 8.82. The quantitative estimate of drug-likeness (QED) is 0.601. The molecule has 7 nitrogen and oxygen atoms in total. The number of anilines is 1. The van der Waals surface area contributed by atoms with Gasteiger partial charge in [-0.05, 0) is 33.2 Å². The van der Waals surface area contributed by atoms with Gasteiger partial charge in [-0.3, -0.25) is 10.1 Å². The second kappa shape index (κ2) is 6.14. The Kier molecular flexibility index (Phi) is 4.82. The summed E-state index contributed by atoms with van der Waals surface area (Å²) in [5.74, 6) is -1.31. The van der Waals surface area contributed by atoms with E-state index in [9.17, 15) is 14.9 Å². The van der Waals surface area contributed by atoms with E-state index in [2.05, 4.69) is 5.32 Å². The van der Waals surface area contributed by atoms with Gasteiger partial charge in [0.25, 0.3) is 5.69 Å². The summed E-state index contributed by atoms with van der Waals surface area (Å²) in [6, 6.07) is 4.26. The Morgan fingerprint density at radius 2 is 2.16 bits per heavy atom. The van der Waals surface area contributed by atoms with Crippen LogP contribution in [-0.2, 0) is 0 Å². The van der Waals surface area contributed by atoms with Gasteiger partial charge in [-0.15, -0.1) is 0 Å². The molecule has 0 spiro atoms. The third-order valence-electron chi connectivity index (χ3n) is 2.91. The number of likely N-dealkylation sites (N-methyl/N-ethyl adjacent to an activating group) is 1. The summed E-state index contributed by atoms with van der Waals surface area (Å²) in [5, 5.41) is 22.7. The molecule has 2 N–H and O–H groups in total. The Hall–Kier alpha value is -2.15. The SMILES string of the molecule is CC(CNc1ccc(C(=O)O)c([N+](=O)[O-])c1)N(C)C. The van der Waals surface area contributed by atoms with E-state index in [1.807, 2.05) is 25.9 Å². The Balaban J connectivity index is 2.90. The molecule has 19 heavy (non-hydrogen) atoms. The van der Waals surface area contributed by atoms with Crippen molar-refractivity contribution in [2.45, 2.75) is 13.0 Å². The summed E-state index contributed by atoms with van der Waals surface area (Å²) < 4.78 is 0. The number of nitro groups is 1. The Morgan fingerprint density at radius 3 is 2.63 bits per heavy atom. The minimum absolute atomic E-state index is 0.248. The van der Waals surface area contributed by atoms with Crippen LogP contribution < -0.4 is 5.32 Å². The smallest absolute Gasteiger partial charge is 0.342 e. The van der Waals surface area contributed by atoms with E-state index in [-0.39, 0.29) is 11.6 Å². The van der Waals surface area contributed by atoms with E-state index < -0.39 is 16.6 Å². The first kappa shape index (κ1) is 14.9. The van der Waals surface area contributed by atoms with Crippen LogP contribution >= 0.6 is 0 Å². The van der Waals surface area contributed by atoms with Crippen LogP contribution in [0.5, 0.6) is 0 Å². The first-order valence-corrected chi connectivity index (χ1v) is 5.75. The van der Waals surface area contributed by atoms with Crippen LogP contribution in [0.15, 0.2) is 18.2 Å². The zero-order valence-corrected chi connectivity index (χ0v) is 11.1. The molecule has 0 saturated carbocycles. The van der Waals surface area contributed by atoms with Crippen molar-refractivity contribution < 1.29 is 14.8 Å². The van der Waals surface area contributed by atoms with Crippen LogP contribution in [0.2, 0.25) is 0 Å². The van der Waals surface area contributed by atoms with Gasteiger partial charge >= 0.3 is 5.97 Å². The van der Waals surface area contributed by atoms with Crippen molar-refractivity contribution in [3.05, 3.63) is 33.9 Å².